The van der Waals surface area contributed by atoms with E-state index in [4.69, 9.17) is 14.7 Å². The highest BCUT2D eigenvalue weighted by Gasteiger charge is 2.50. The number of hydrogen-bond acceptors (Lipinski definition) is 7. The van der Waals surface area contributed by atoms with Crippen LogP contribution in [-0.4, -0.2) is 61.0 Å². The average Bonchev–Trinajstić information content (AvgIpc) is 3.80. The standard InChI is InChI=1S/C40H49N7O2SSi/c1-39(2,3)50(48)44-35-29-12-8-7-11-28(29)25-40(35)16-20-45(21-17-40)38-43-37-34(36-42-19-22-47(36)38)32(26-46(37)27-49-23-24-51(4,5)6)30-15-18-41-33-14-10-9-13-31(30)33/h7-15,18-19,22,26,35,44H,16-17,20-21,23-25,27H2,1-6H3/t35-,50?/m1/s1. The summed E-state index contributed by atoms with van der Waals surface area (Å²) in [5.41, 5.74) is 7.56. The molecule has 0 radical (unpaired) electrons. The summed E-state index contributed by atoms with van der Waals surface area (Å²) in [6, 6.07) is 20.3. The maximum absolute atomic E-state index is 13.5. The van der Waals surface area contributed by atoms with Crippen molar-refractivity contribution in [2.75, 3.05) is 24.6 Å². The van der Waals surface area contributed by atoms with E-state index in [2.05, 4.69) is 97.9 Å². The van der Waals surface area contributed by atoms with Crippen LogP contribution in [0.1, 0.15) is 50.8 Å². The van der Waals surface area contributed by atoms with Gasteiger partial charge in [-0.1, -0.05) is 62.1 Å². The average molecular weight is 720 g/mol. The Morgan fingerprint density at radius 3 is 2.51 bits per heavy atom. The van der Waals surface area contributed by atoms with Crippen LogP contribution in [0.5, 0.6) is 0 Å². The Bertz CT molecular complexity index is 2210. The summed E-state index contributed by atoms with van der Waals surface area (Å²) in [7, 11) is -1.24. The lowest BCUT2D eigenvalue weighted by Gasteiger charge is -2.44. The number of benzene rings is 2. The maximum atomic E-state index is 13.5. The quantitative estimate of drug-likeness (QED) is 0.0916. The van der Waals surface area contributed by atoms with Crippen molar-refractivity contribution in [3.05, 3.63) is 90.5 Å². The molecule has 9 nitrogen and oxygen atoms in total. The van der Waals surface area contributed by atoms with Crippen LogP contribution in [-0.2, 0) is 29.3 Å². The molecule has 1 N–H and O–H groups in total. The Kier molecular flexibility index (Phi) is 8.78. The number of piperidine rings is 1. The molecule has 1 aliphatic carbocycles. The molecule has 6 aromatic rings. The molecule has 8 rings (SSSR count). The van der Waals surface area contributed by atoms with E-state index in [1.54, 1.807) is 0 Å². The molecule has 4 aromatic heterocycles. The molecule has 1 saturated heterocycles. The zero-order valence-electron chi connectivity index (χ0n) is 30.6. The molecular weight excluding hydrogens is 671 g/mol. The van der Waals surface area contributed by atoms with Gasteiger partial charge in [0.2, 0.25) is 5.95 Å². The van der Waals surface area contributed by atoms with Crippen LogP contribution in [0.25, 0.3) is 38.7 Å². The van der Waals surface area contributed by atoms with Gasteiger partial charge in [-0.25, -0.2) is 4.98 Å². The fourth-order valence-electron chi connectivity index (χ4n) is 7.96. The lowest BCUT2D eigenvalue weighted by molar-refractivity contribution is 0.0899. The number of rotatable bonds is 9. The number of ether oxygens (including phenoxy) is 1. The fraction of sp³-hybridized carbons (Fsp3) is 0.425. The number of hydrogen-bond donors (Lipinski definition) is 1. The Morgan fingerprint density at radius 1 is 0.961 bits per heavy atom. The van der Waals surface area contributed by atoms with Crippen LogP contribution >= 0.6 is 0 Å². The first-order valence-electron chi connectivity index (χ1n) is 18.2. The van der Waals surface area contributed by atoms with Crippen LogP contribution in [0.15, 0.2) is 79.4 Å². The number of para-hydroxylation sites is 1. The predicted molar refractivity (Wildman–Crippen MR) is 211 cm³/mol. The SMILES string of the molecule is CC(C)(C)[S+]([O-])N[C@@H]1c2ccccc2CC12CCN(c1nc3c(c(-c4ccnc5ccccc45)cn3COCC[Si](C)(C)C)c3nccn13)CC2. The minimum atomic E-state index is -1.24. The molecule has 51 heavy (non-hydrogen) atoms. The Balaban J connectivity index is 1.17. The lowest BCUT2D eigenvalue weighted by Crippen LogP contribution is -2.50. The molecule has 1 spiro atoms. The molecule has 2 aromatic carbocycles. The molecule has 1 unspecified atom stereocenters. The Labute approximate surface area is 304 Å². The van der Waals surface area contributed by atoms with Gasteiger partial charge >= 0.3 is 0 Å². The Hall–Kier alpha value is -3.74. The van der Waals surface area contributed by atoms with Gasteiger partial charge in [0.15, 0.2) is 5.65 Å². The van der Waals surface area contributed by atoms with Crippen LogP contribution < -0.4 is 9.62 Å². The second-order valence-corrected chi connectivity index (χ2v) is 24.2. The predicted octanol–water partition coefficient (Wildman–Crippen LogP) is 8.15. The van der Waals surface area contributed by atoms with E-state index >= 15 is 0 Å². The highest BCUT2D eigenvalue weighted by Crippen LogP contribution is 2.53. The molecule has 11 heteroatoms. The summed E-state index contributed by atoms with van der Waals surface area (Å²) >= 11 is -1.17. The zero-order valence-corrected chi connectivity index (χ0v) is 32.5. The van der Waals surface area contributed by atoms with E-state index in [0.29, 0.717) is 6.73 Å². The van der Waals surface area contributed by atoms with Gasteiger partial charge in [-0.15, -0.1) is 4.72 Å². The summed E-state index contributed by atoms with van der Waals surface area (Å²) in [4.78, 5) is 17.5. The minimum Gasteiger partial charge on any atom is -0.598 e. The smallest absolute Gasteiger partial charge is 0.213 e. The molecule has 5 heterocycles. The number of nitrogens with one attached hydrogen (secondary N) is 1. The van der Waals surface area contributed by atoms with Gasteiger partial charge in [0.1, 0.15) is 17.1 Å². The monoisotopic (exact) mass is 719 g/mol. The number of pyridine rings is 1. The van der Waals surface area contributed by atoms with Crippen LogP contribution in [0.4, 0.5) is 5.95 Å². The van der Waals surface area contributed by atoms with Gasteiger partial charge in [0.25, 0.3) is 0 Å². The summed E-state index contributed by atoms with van der Waals surface area (Å²) in [5, 5.41) is 2.12. The van der Waals surface area contributed by atoms with Crippen LogP contribution in [0.2, 0.25) is 25.7 Å². The third kappa shape index (κ3) is 6.37. The van der Waals surface area contributed by atoms with Gasteiger partial charge in [-0.3, -0.25) is 9.38 Å². The second kappa shape index (κ2) is 13.0. The van der Waals surface area contributed by atoms with Gasteiger partial charge in [0.05, 0.1) is 16.9 Å². The highest BCUT2D eigenvalue weighted by atomic mass is 32.2. The molecule has 0 bridgehead atoms. The molecule has 1 fully saturated rings. The van der Waals surface area contributed by atoms with E-state index in [9.17, 15) is 4.55 Å². The molecule has 2 atom stereocenters. The van der Waals surface area contributed by atoms with E-state index in [0.717, 1.165) is 89.7 Å². The summed E-state index contributed by atoms with van der Waals surface area (Å²) < 4.78 is 27.4. The van der Waals surface area contributed by atoms with Crippen molar-refractivity contribution in [3.63, 3.8) is 0 Å². The fourth-order valence-corrected chi connectivity index (χ4v) is 9.66. The molecular formula is C40H49N7O2SSi. The maximum Gasteiger partial charge on any atom is 0.213 e. The lowest BCUT2D eigenvalue weighted by atomic mass is 9.73. The van der Waals surface area contributed by atoms with Crippen LogP contribution in [0, 0.1) is 5.41 Å². The van der Waals surface area contributed by atoms with E-state index in [1.807, 2.05) is 45.4 Å². The normalized spacial score (nSPS) is 18.3. The van der Waals surface area contributed by atoms with Gasteiger partial charge in [0, 0.05) is 80.3 Å². The third-order valence-electron chi connectivity index (χ3n) is 10.8. The first-order chi connectivity index (χ1) is 24.4. The third-order valence-corrected chi connectivity index (χ3v) is 14.1. The number of nitrogens with zero attached hydrogens (tertiary/aromatic N) is 6. The van der Waals surface area contributed by atoms with Crippen molar-refractivity contribution >= 4 is 53.0 Å². The summed E-state index contributed by atoms with van der Waals surface area (Å²) in [6.45, 7) is 16.1. The van der Waals surface area contributed by atoms with Gasteiger partial charge < -0.3 is 18.8 Å². The minimum absolute atomic E-state index is 0.0146. The van der Waals surface area contributed by atoms with Crippen molar-refractivity contribution < 1.29 is 9.29 Å². The molecule has 1 aliphatic heterocycles. The van der Waals surface area contributed by atoms with Crippen molar-refractivity contribution in [1.82, 2.24) is 28.6 Å². The summed E-state index contributed by atoms with van der Waals surface area (Å²) in [5.74, 6) is 0.899. The number of aromatic nitrogens is 5. The van der Waals surface area contributed by atoms with E-state index in [1.165, 1.54) is 11.1 Å². The molecule has 0 saturated carbocycles. The first-order valence-corrected chi connectivity index (χ1v) is 23.1. The number of anilines is 1. The zero-order chi connectivity index (χ0) is 35.5. The van der Waals surface area contributed by atoms with E-state index in [-0.39, 0.29) is 16.2 Å². The second-order valence-electron chi connectivity index (χ2n) is 16.6. The van der Waals surface area contributed by atoms with Gasteiger partial charge in [-0.2, -0.15) is 4.98 Å². The molecule has 266 valence electrons. The van der Waals surface area contributed by atoms with Crippen molar-refractivity contribution in [1.29, 1.82) is 0 Å². The van der Waals surface area contributed by atoms with Crippen molar-refractivity contribution in [3.8, 4) is 11.1 Å². The molecule has 0 amide bonds. The van der Waals surface area contributed by atoms with Crippen molar-refractivity contribution in [2.45, 2.75) is 83.2 Å². The number of imidazole rings is 1. The first kappa shape index (κ1) is 34.3. The largest absolute Gasteiger partial charge is 0.598 e. The van der Waals surface area contributed by atoms with Crippen LogP contribution in [0.3, 0.4) is 0 Å². The van der Waals surface area contributed by atoms with Gasteiger partial charge in [-0.05, 0) is 74.9 Å². The van der Waals surface area contributed by atoms with E-state index < -0.39 is 19.4 Å². The van der Waals surface area contributed by atoms with Crippen molar-refractivity contribution in [2.24, 2.45) is 5.41 Å². The summed E-state index contributed by atoms with van der Waals surface area (Å²) in [6.07, 6.45) is 10.9. The highest BCUT2D eigenvalue weighted by molar-refractivity contribution is 7.90. The Morgan fingerprint density at radius 2 is 1.73 bits per heavy atom. The topological polar surface area (TPSA) is 95.6 Å². The molecule has 2 aliphatic rings. The number of fused-ring (bicyclic) bond motifs is 5.